The van der Waals surface area contributed by atoms with E-state index in [1.165, 1.54) is 9.80 Å². The van der Waals surface area contributed by atoms with Crippen LogP contribution in [-0.2, 0) is 9.59 Å². The van der Waals surface area contributed by atoms with E-state index in [2.05, 4.69) is 15.3 Å². The topological polar surface area (TPSA) is 98.4 Å². The predicted octanol–water partition coefficient (Wildman–Crippen LogP) is 2.05. The highest BCUT2D eigenvalue weighted by Gasteiger charge is 2.33. The molecule has 27 heavy (non-hydrogen) atoms. The molecule has 1 aromatic carbocycles. The van der Waals surface area contributed by atoms with Gasteiger partial charge in [-0.05, 0) is 24.5 Å². The Bertz CT molecular complexity index is 827. The van der Waals surface area contributed by atoms with Crippen molar-refractivity contribution < 1.29 is 14.4 Å². The number of nitrogens with one attached hydrogen (secondary N) is 2. The highest BCUT2D eigenvalue weighted by atomic mass is 16.2. The van der Waals surface area contributed by atoms with Crippen LogP contribution in [0.4, 0.5) is 4.79 Å². The van der Waals surface area contributed by atoms with Gasteiger partial charge in [-0.25, -0.2) is 9.78 Å². The number of imide groups is 1. The van der Waals surface area contributed by atoms with Gasteiger partial charge in [-0.3, -0.25) is 14.5 Å². The van der Waals surface area contributed by atoms with Crippen LogP contribution in [0.1, 0.15) is 38.6 Å². The Morgan fingerprint density at radius 1 is 1.30 bits per heavy atom. The summed E-state index contributed by atoms with van der Waals surface area (Å²) in [4.78, 5) is 46.4. The molecule has 0 bridgehead atoms. The summed E-state index contributed by atoms with van der Waals surface area (Å²) in [6, 6.07) is 7.20. The summed E-state index contributed by atoms with van der Waals surface area (Å²) in [5, 5.41) is 3.02. The Hall–Kier alpha value is -2.90. The Morgan fingerprint density at radius 3 is 2.67 bits per heavy atom. The van der Waals surface area contributed by atoms with Crippen LogP contribution < -0.4 is 5.32 Å². The fourth-order valence-electron chi connectivity index (χ4n) is 3.20. The van der Waals surface area contributed by atoms with Gasteiger partial charge in [0.2, 0.25) is 11.8 Å². The smallest absolute Gasteiger partial charge is 0.326 e. The minimum absolute atomic E-state index is 0.104. The minimum atomic E-state index is -0.303. The van der Waals surface area contributed by atoms with Gasteiger partial charge in [0, 0.05) is 20.0 Å². The third-order valence-corrected chi connectivity index (χ3v) is 4.70. The molecule has 0 aliphatic carbocycles. The normalized spacial score (nSPS) is 15.9. The Kier molecular flexibility index (Phi) is 5.43. The number of hydrogen-bond acceptors (Lipinski definition) is 4. The molecule has 4 amide bonds. The van der Waals surface area contributed by atoms with Crippen molar-refractivity contribution in [2.75, 3.05) is 20.1 Å². The standard InChI is InChI=1S/C19H25N5O3/c1-12(2)17(18-20-13-7-4-5-8-14(13)21-18)22-15(25)9-6-10-24-16(26)11-23(3)19(24)27/h4-5,7-8,12,17H,6,9-11H2,1-3H3,(H,20,21)(H,22,25). The molecule has 2 heterocycles. The summed E-state index contributed by atoms with van der Waals surface area (Å²) in [6.45, 7) is 4.41. The van der Waals surface area contributed by atoms with Crippen molar-refractivity contribution >= 4 is 28.9 Å². The van der Waals surface area contributed by atoms with E-state index in [1.54, 1.807) is 7.05 Å². The molecule has 0 radical (unpaired) electrons. The number of hydrogen-bond donors (Lipinski definition) is 2. The van der Waals surface area contributed by atoms with E-state index in [1.807, 2.05) is 38.1 Å². The van der Waals surface area contributed by atoms with Crippen LogP contribution in [0.15, 0.2) is 24.3 Å². The second kappa shape index (κ2) is 7.77. The number of likely N-dealkylation sites (N-methyl/N-ethyl adjacent to an activating group) is 1. The Morgan fingerprint density at radius 2 is 2.04 bits per heavy atom. The number of benzene rings is 1. The third kappa shape index (κ3) is 4.10. The van der Waals surface area contributed by atoms with E-state index in [9.17, 15) is 14.4 Å². The molecular weight excluding hydrogens is 346 g/mol. The number of urea groups is 1. The van der Waals surface area contributed by atoms with Gasteiger partial charge in [0.05, 0.1) is 17.1 Å². The second-order valence-electron chi connectivity index (χ2n) is 7.22. The number of nitrogens with zero attached hydrogens (tertiary/aromatic N) is 3. The minimum Gasteiger partial charge on any atom is -0.346 e. The molecule has 0 spiro atoms. The molecule has 144 valence electrons. The maximum atomic E-state index is 12.4. The van der Waals surface area contributed by atoms with Crippen LogP contribution >= 0.6 is 0 Å². The molecule has 2 aromatic rings. The van der Waals surface area contributed by atoms with E-state index in [0.717, 1.165) is 16.9 Å². The third-order valence-electron chi connectivity index (χ3n) is 4.70. The Labute approximate surface area is 157 Å². The van der Waals surface area contributed by atoms with Crippen LogP contribution in [0.25, 0.3) is 11.0 Å². The lowest BCUT2D eigenvalue weighted by Gasteiger charge is -2.20. The van der Waals surface area contributed by atoms with Gasteiger partial charge in [-0.15, -0.1) is 0 Å². The van der Waals surface area contributed by atoms with E-state index < -0.39 is 0 Å². The molecule has 3 rings (SSSR count). The van der Waals surface area contributed by atoms with E-state index in [-0.39, 0.29) is 49.3 Å². The zero-order valence-corrected chi connectivity index (χ0v) is 15.9. The van der Waals surface area contributed by atoms with Gasteiger partial charge in [0.1, 0.15) is 12.4 Å². The van der Waals surface area contributed by atoms with Gasteiger partial charge in [-0.2, -0.15) is 0 Å². The highest BCUT2D eigenvalue weighted by molar-refractivity contribution is 6.01. The van der Waals surface area contributed by atoms with Crippen molar-refractivity contribution in [3.8, 4) is 0 Å². The summed E-state index contributed by atoms with van der Waals surface area (Å²) >= 11 is 0. The largest absolute Gasteiger partial charge is 0.346 e. The van der Waals surface area contributed by atoms with E-state index in [0.29, 0.717) is 6.42 Å². The maximum Gasteiger partial charge on any atom is 0.326 e. The van der Waals surface area contributed by atoms with Gasteiger partial charge >= 0.3 is 6.03 Å². The number of fused-ring (bicyclic) bond motifs is 1. The molecule has 1 fully saturated rings. The average molecular weight is 371 g/mol. The van der Waals surface area contributed by atoms with Crippen LogP contribution in [0.2, 0.25) is 0 Å². The summed E-state index contributed by atoms with van der Waals surface area (Å²) in [5.41, 5.74) is 1.80. The fraction of sp³-hybridized carbons (Fsp3) is 0.474. The van der Waals surface area contributed by atoms with Crippen LogP contribution in [0.3, 0.4) is 0 Å². The quantitative estimate of drug-likeness (QED) is 0.728. The van der Waals surface area contributed by atoms with Gasteiger partial charge < -0.3 is 15.2 Å². The first-order chi connectivity index (χ1) is 12.9. The molecule has 1 saturated heterocycles. The first-order valence-corrected chi connectivity index (χ1v) is 9.16. The number of rotatable bonds is 7. The summed E-state index contributed by atoms with van der Waals surface area (Å²) < 4.78 is 0. The van der Waals surface area contributed by atoms with Crippen LogP contribution in [-0.4, -0.2) is 57.8 Å². The lowest BCUT2D eigenvalue weighted by atomic mass is 10.0. The first kappa shape index (κ1) is 18.9. The highest BCUT2D eigenvalue weighted by Crippen LogP contribution is 2.22. The molecule has 0 saturated carbocycles. The molecule has 1 aliphatic heterocycles. The first-order valence-electron chi connectivity index (χ1n) is 9.16. The zero-order valence-electron chi connectivity index (χ0n) is 15.9. The Balaban J connectivity index is 1.57. The molecule has 1 aliphatic rings. The molecule has 1 atom stereocenters. The van der Waals surface area contributed by atoms with Crippen LogP contribution in [0, 0.1) is 5.92 Å². The summed E-state index contributed by atoms with van der Waals surface area (Å²) in [7, 11) is 1.59. The van der Waals surface area contributed by atoms with Crippen molar-refractivity contribution in [2.45, 2.75) is 32.7 Å². The van der Waals surface area contributed by atoms with Crippen molar-refractivity contribution in [1.29, 1.82) is 0 Å². The molecule has 2 N–H and O–H groups in total. The molecule has 1 aromatic heterocycles. The fourth-order valence-corrected chi connectivity index (χ4v) is 3.20. The molecule has 8 heteroatoms. The average Bonchev–Trinajstić information content (AvgIpc) is 3.15. The lowest BCUT2D eigenvalue weighted by molar-refractivity contribution is -0.126. The zero-order chi connectivity index (χ0) is 19.6. The van der Waals surface area contributed by atoms with Gasteiger partial charge in [0.15, 0.2) is 0 Å². The number of amides is 4. The maximum absolute atomic E-state index is 12.4. The summed E-state index contributed by atoms with van der Waals surface area (Å²) in [6.07, 6.45) is 0.673. The van der Waals surface area contributed by atoms with E-state index in [4.69, 9.17) is 0 Å². The predicted molar refractivity (Wildman–Crippen MR) is 101 cm³/mol. The van der Waals surface area contributed by atoms with Gasteiger partial charge in [-0.1, -0.05) is 26.0 Å². The van der Waals surface area contributed by atoms with E-state index >= 15 is 0 Å². The lowest BCUT2D eigenvalue weighted by Crippen LogP contribution is -2.35. The van der Waals surface area contributed by atoms with Gasteiger partial charge in [0.25, 0.3) is 0 Å². The molecule has 8 nitrogen and oxygen atoms in total. The number of carbonyl (C=O) groups excluding carboxylic acids is 3. The number of aromatic amines is 1. The van der Waals surface area contributed by atoms with Crippen molar-refractivity contribution in [3.05, 3.63) is 30.1 Å². The number of carbonyl (C=O) groups is 3. The molecular formula is C19H25N5O3. The number of H-pyrrole nitrogens is 1. The number of para-hydroxylation sites is 2. The van der Waals surface area contributed by atoms with Crippen molar-refractivity contribution in [1.82, 2.24) is 25.1 Å². The number of imidazole rings is 1. The molecule has 1 unspecified atom stereocenters. The van der Waals surface area contributed by atoms with Crippen LogP contribution in [0.5, 0.6) is 0 Å². The number of aromatic nitrogens is 2. The monoisotopic (exact) mass is 371 g/mol. The SMILES string of the molecule is CC(C)C(NC(=O)CCCN1C(=O)CN(C)C1=O)c1nc2ccccc2[nH]1. The second-order valence-corrected chi connectivity index (χ2v) is 7.22. The van der Waals surface area contributed by atoms with Crippen molar-refractivity contribution in [2.24, 2.45) is 5.92 Å². The summed E-state index contributed by atoms with van der Waals surface area (Å²) in [5.74, 6) is 0.544. The van der Waals surface area contributed by atoms with Crippen molar-refractivity contribution in [3.63, 3.8) is 0 Å².